The molecule has 0 aromatic heterocycles. The molecule has 2 nitrogen and oxygen atoms in total. The normalized spacial score (nSPS) is 5.89. The van der Waals surface area contributed by atoms with Crippen molar-refractivity contribution < 1.29 is 9.59 Å². The van der Waals surface area contributed by atoms with Gasteiger partial charge in [0.15, 0.2) is 5.78 Å². The van der Waals surface area contributed by atoms with Gasteiger partial charge in [0, 0.05) is 0 Å². The summed E-state index contributed by atoms with van der Waals surface area (Å²) in [7, 11) is 0. The van der Waals surface area contributed by atoms with E-state index in [-0.39, 0.29) is 5.78 Å². The standard InChI is InChI=1S/C4H6O.C3H4O/c1-3-4(2)5;1-2-3-4/h3H,1H2,2H3;2-3H,1H2. The summed E-state index contributed by atoms with van der Waals surface area (Å²) in [6, 6.07) is 0. The zero-order valence-electron chi connectivity index (χ0n) is 5.46. The Bertz CT molecular complexity index is 108. The van der Waals surface area contributed by atoms with Gasteiger partial charge in [0.2, 0.25) is 0 Å². The van der Waals surface area contributed by atoms with Gasteiger partial charge in [-0.3, -0.25) is 9.59 Å². The topological polar surface area (TPSA) is 34.1 Å². The lowest BCUT2D eigenvalue weighted by Gasteiger charge is -1.62. The Morgan fingerprint density at radius 2 is 1.67 bits per heavy atom. The second-order valence-corrected chi connectivity index (χ2v) is 1.19. The molecule has 0 aliphatic rings. The van der Waals surface area contributed by atoms with Gasteiger partial charge in [0.25, 0.3) is 0 Å². The Hall–Kier alpha value is -1.18. The quantitative estimate of drug-likeness (QED) is 0.410. The molecule has 0 bridgehead atoms. The van der Waals surface area contributed by atoms with Gasteiger partial charge in [0.1, 0.15) is 6.29 Å². The molecule has 0 saturated heterocycles. The number of hydrogen-bond acceptors (Lipinski definition) is 2. The van der Waals surface area contributed by atoms with Crippen molar-refractivity contribution >= 4 is 12.1 Å². The van der Waals surface area contributed by atoms with Crippen LogP contribution >= 0.6 is 0 Å². The molecule has 2 heteroatoms. The van der Waals surface area contributed by atoms with Crippen LogP contribution < -0.4 is 0 Å². The fourth-order valence-corrected chi connectivity index (χ4v) is 0. The van der Waals surface area contributed by atoms with Crippen molar-refractivity contribution in [2.75, 3.05) is 0 Å². The minimum Gasteiger partial charge on any atom is -0.299 e. The van der Waals surface area contributed by atoms with Gasteiger partial charge >= 0.3 is 0 Å². The molecule has 0 aliphatic heterocycles. The van der Waals surface area contributed by atoms with Crippen molar-refractivity contribution in [2.45, 2.75) is 6.92 Å². The molecule has 50 valence electrons. The molecular weight excluding hydrogens is 116 g/mol. The molecule has 0 fully saturated rings. The number of rotatable bonds is 2. The number of carbonyl (C=O) groups is 2. The van der Waals surface area contributed by atoms with Gasteiger partial charge in [-0.2, -0.15) is 0 Å². The van der Waals surface area contributed by atoms with Crippen LogP contribution in [0.3, 0.4) is 0 Å². The number of carbonyl (C=O) groups excluding carboxylic acids is 2. The summed E-state index contributed by atoms with van der Waals surface area (Å²) in [6.07, 6.45) is 3.11. The highest BCUT2D eigenvalue weighted by atomic mass is 16.1. The van der Waals surface area contributed by atoms with Crippen LogP contribution in [0.15, 0.2) is 25.3 Å². The fraction of sp³-hybridized carbons (Fsp3) is 0.143. The van der Waals surface area contributed by atoms with Crippen LogP contribution in [0.1, 0.15) is 6.92 Å². The molecule has 0 aromatic rings. The number of ketones is 1. The van der Waals surface area contributed by atoms with Crippen LogP contribution in [0.5, 0.6) is 0 Å². The maximum atomic E-state index is 9.69. The maximum absolute atomic E-state index is 9.69. The predicted molar refractivity (Wildman–Crippen MR) is 37.1 cm³/mol. The molecule has 0 amide bonds. The predicted octanol–water partition coefficient (Wildman–Crippen LogP) is 1.13. The van der Waals surface area contributed by atoms with E-state index in [1.54, 1.807) is 0 Å². The summed E-state index contributed by atoms with van der Waals surface area (Å²) >= 11 is 0. The maximum Gasteiger partial charge on any atom is 0.152 e. The van der Waals surface area contributed by atoms with Crippen LogP contribution in [-0.4, -0.2) is 12.1 Å². The number of allylic oxidation sites excluding steroid dienone is 2. The van der Waals surface area contributed by atoms with E-state index < -0.39 is 0 Å². The van der Waals surface area contributed by atoms with E-state index in [9.17, 15) is 4.79 Å². The second-order valence-electron chi connectivity index (χ2n) is 1.19. The van der Waals surface area contributed by atoms with E-state index in [0.717, 1.165) is 0 Å². The monoisotopic (exact) mass is 126 g/mol. The molecule has 0 atom stereocenters. The first kappa shape index (κ1) is 10.7. The van der Waals surface area contributed by atoms with Crippen LogP contribution in [0.4, 0.5) is 0 Å². The Labute approximate surface area is 54.9 Å². The van der Waals surface area contributed by atoms with E-state index in [1.807, 2.05) is 0 Å². The lowest BCUT2D eigenvalue weighted by molar-refractivity contribution is -0.112. The van der Waals surface area contributed by atoms with Gasteiger partial charge in [0.05, 0.1) is 0 Å². The Morgan fingerprint density at radius 3 is 1.67 bits per heavy atom. The Kier molecular flexibility index (Phi) is 11.9. The molecule has 0 unspecified atom stereocenters. The van der Waals surface area contributed by atoms with Crippen molar-refractivity contribution in [3.05, 3.63) is 25.3 Å². The van der Waals surface area contributed by atoms with Crippen LogP contribution in [0.25, 0.3) is 0 Å². The third-order valence-corrected chi connectivity index (χ3v) is 0.384. The summed E-state index contributed by atoms with van der Waals surface area (Å²) in [6.45, 7) is 7.79. The molecular formula is C7H10O2. The highest BCUT2D eigenvalue weighted by molar-refractivity contribution is 5.86. The zero-order chi connectivity index (χ0) is 7.70. The molecule has 0 aliphatic carbocycles. The van der Waals surface area contributed by atoms with E-state index in [0.29, 0.717) is 6.29 Å². The third-order valence-electron chi connectivity index (χ3n) is 0.384. The Balaban J connectivity index is 0. The van der Waals surface area contributed by atoms with Gasteiger partial charge in [-0.1, -0.05) is 13.2 Å². The van der Waals surface area contributed by atoms with Crippen molar-refractivity contribution in [1.82, 2.24) is 0 Å². The summed E-state index contributed by atoms with van der Waals surface area (Å²) < 4.78 is 0. The highest BCUT2D eigenvalue weighted by Gasteiger charge is 1.69. The molecule has 0 aromatic carbocycles. The number of aldehydes is 1. The third kappa shape index (κ3) is 47.8. The summed E-state index contributed by atoms with van der Waals surface area (Å²) in [5.41, 5.74) is 0. The van der Waals surface area contributed by atoms with Crippen molar-refractivity contribution in [1.29, 1.82) is 0 Å². The first-order chi connectivity index (χ1) is 4.18. The summed E-state index contributed by atoms with van der Waals surface area (Å²) in [4.78, 5) is 18.8. The lowest BCUT2D eigenvalue weighted by atomic mass is 10.5. The van der Waals surface area contributed by atoms with Gasteiger partial charge < -0.3 is 0 Å². The molecule has 0 radical (unpaired) electrons. The van der Waals surface area contributed by atoms with Crippen LogP contribution in [0, 0.1) is 0 Å². The average molecular weight is 126 g/mol. The SMILES string of the molecule is C=CC(C)=O.C=CC=O. The van der Waals surface area contributed by atoms with Gasteiger partial charge in [-0.25, -0.2) is 0 Å². The Morgan fingerprint density at radius 1 is 1.44 bits per heavy atom. The average Bonchev–Trinajstić information content (AvgIpc) is 1.89. The van der Waals surface area contributed by atoms with Crippen LogP contribution in [-0.2, 0) is 9.59 Å². The lowest BCUT2D eigenvalue weighted by Crippen LogP contribution is -1.74. The van der Waals surface area contributed by atoms with Crippen molar-refractivity contribution in [3.63, 3.8) is 0 Å². The van der Waals surface area contributed by atoms with Crippen molar-refractivity contribution in [3.8, 4) is 0 Å². The summed E-state index contributed by atoms with van der Waals surface area (Å²) in [5, 5.41) is 0. The minimum atomic E-state index is 0.0185. The summed E-state index contributed by atoms with van der Waals surface area (Å²) in [5.74, 6) is 0.0185. The van der Waals surface area contributed by atoms with E-state index in [2.05, 4.69) is 13.2 Å². The molecule has 0 N–H and O–H groups in total. The molecule has 0 heterocycles. The smallest absolute Gasteiger partial charge is 0.152 e. The van der Waals surface area contributed by atoms with Crippen molar-refractivity contribution in [2.24, 2.45) is 0 Å². The van der Waals surface area contributed by atoms with Crippen LogP contribution in [0.2, 0.25) is 0 Å². The van der Waals surface area contributed by atoms with E-state index in [1.165, 1.54) is 19.1 Å². The largest absolute Gasteiger partial charge is 0.299 e. The van der Waals surface area contributed by atoms with Gasteiger partial charge in [-0.05, 0) is 19.1 Å². The van der Waals surface area contributed by atoms with E-state index >= 15 is 0 Å². The van der Waals surface area contributed by atoms with Gasteiger partial charge in [-0.15, -0.1) is 0 Å². The molecule has 0 saturated carbocycles. The second kappa shape index (κ2) is 9.94. The first-order valence-corrected chi connectivity index (χ1v) is 2.38. The minimum absolute atomic E-state index is 0.0185. The zero-order valence-corrected chi connectivity index (χ0v) is 5.46. The molecule has 9 heavy (non-hydrogen) atoms. The highest BCUT2D eigenvalue weighted by Crippen LogP contribution is 1.60. The first-order valence-electron chi connectivity index (χ1n) is 2.38. The molecule has 0 rings (SSSR count). The van der Waals surface area contributed by atoms with E-state index in [4.69, 9.17) is 4.79 Å². The molecule has 0 spiro atoms. The fourth-order valence-electron chi connectivity index (χ4n) is 0. The number of hydrogen-bond donors (Lipinski definition) is 0.